The van der Waals surface area contributed by atoms with Gasteiger partial charge in [0.05, 0.1) is 13.2 Å². The maximum absolute atomic E-state index is 12.7. The lowest BCUT2D eigenvalue weighted by Crippen LogP contribution is -2.41. The zero-order valence-electron chi connectivity index (χ0n) is 12.7. The Hall–Kier alpha value is -1.39. The summed E-state index contributed by atoms with van der Waals surface area (Å²) in [6.07, 6.45) is 2.33. The Bertz CT molecular complexity index is 504. The molecule has 4 heteroatoms. The number of ether oxygens (including phenoxy) is 1. The van der Waals surface area contributed by atoms with Crippen LogP contribution in [0.3, 0.4) is 0 Å². The molecule has 2 fully saturated rings. The lowest BCUT2D eigenvalue weighted by molar-refractivity contribution is 0.0302. The SMILES string of the molecule is Cc1c(C(=O)N2CCOCC2)cccc1C1CCNCC1. The standard InChI is InChI=1S/C17H24N2O2/c1-13-15(14-5-7-18-8-6-14)3-2-4-16(13)17(20)19-9-11-21-12-10-19/h2-4,14,18H,5-12H2,1H3. The number of rotatable bonds is 2. The summed E-state index contributed by atoms with van der Waals surface area (Å²) >= 11 is 0. The molecule has 1 aromatic carbocycles. The van der Waals surface area contributed by atoms with E-state index in [9.17, 15) is 4.79 Å². The van der Waals surface area contributed by atoms with Gasteiger partial charge in [-0.3, -0.25) is 4.79 Å². The number of carbonyl (C=O) groups excluding carboxylic acids is 1. The van der Waals surface area contributed by atoms with Crippen LogP contribution in [0.1, 0.15) is 40.2 Å². The number of morpholine rings is 1. The maximum atomic E-state index is 12.7. The molecule has 2 saturated heterocycles. The zero-order chi connectivity index (χ0) is 14.7. The summed E-state index contributed by atoms with van der Waals surface area (Å²) in [5.41, 5.74) is 3.39. The quantitative estimate of drug-likeness (QED) is 0.904. The predicted molar refractivity (Wildman–Crippen MR) is 82.7 cm³/mol. The van der Waals surface area contributed by atoms with Crippen LogP contribution >= 0.6 is 0 Å². The molecule has 2 heterocycles. The van der Waals surface area contributed by atoms with Gasteiger partial charge in [0.1, 0.15) is 0 Å². The normalized spacial score (nSPS) is 20.5. The summed E-state index contributed by atoms with van der Waals surface area (Å²) < 4.78 is 5.33. The molecule has 0 aromatic heterocycles. The van der Waals surface area contributed by atoms with Crippen molar-refractivity contribution in [3.8, 4) is 0 Å². The number of carbonyl (C=O) groups is 1. The molecule has 1 aromatic rings. The minimum Gasteiger partial charge on any atom is -0.378 e. The molecule has 0 radical (unpaired) electrons. The van der Waals surface area contributed by atoms with Gasteiger partial charge in [0.25, 0.3) is 5.91 Å². The molecule has 0 unspecified atom stereocenters. The van der Waals surface area contributed by atoms with Gasteiger partial charge in [0, 0.05) is 18.7 Å². The minimum atomic E-state index is 0.159. The Balaban J connectivity index is 1.83. The van der Waals surface area contributed by atoms with E-state index in [2.05, 4.69) is 18.3 Å². The fourth-order valence-electron chi connectivity index (χ4n) is 3.40. The fourth-order valence-corrected chi connectivity index (χ4v) is 3.40. The average Bonchev–Trinajstić information content (AvgIpc) is 2.56. The van der Waals surface area contributed by atoms with E-state index in [4.69, 9.17) is 4.74 Å². The van der Waals surface area contributed by atoms with Gasteiger partial charge in [-0.15, -0.1) is 0 Å². The number of piperidine rings is 1. The van der Waals surface area contributed by atoms with Crippen molar-refractivity contribution in [2.24, 2.45) is 0 Å². The number of nitrogens with one attached hydrogen (secondary N) is 1. The monoisotopic (exact) mass is 288 g/mol. The molecule has 0 saturated carbocycles. The average molecular weight is 288 g/mol. The van der Waals surface area contributed by atoms with Crippen LogP contribution in [-0.2, 0) is 4.74 Å². The van der Waals surface area contributed by atoms with Crippen LogP contribution in [0, 0.1) is 6.92 Å². The van der Waals surface area contributed by atoms with Crippen molar-refractivity contribution in [1.82, 2.24) is 10.2 Å². The lowest BCUT2D eigenvalue weighted by atomic mass is 9.85. The van der Waals surface area contributed by atoms with Gasteiger partial charge in [-0.2, -0.15) is 0 Å². The van der Waals surface area contributed by atoms with Crippen molar-refractivity contribution >= 4 is 5.91 Å². The second-order valence-electron chi connectivity index (χ2n) is 5.95. The third kappa shape index (κ3) is 3.11. The van der Waals surface area contributed by atoms with Crippen LogP contribution in [0.2, 0.25) is 0 Å². The van der Waals surface area contributed by atoms with Crippen molar-refractivity contribution in [1.29, 1.82) is 0 Å². The summed E-state index contributed by atoms with van der Waals surface area (Å²) in [6, 6.07) is 6.21. The first kappa shape index (κ1) is 14.5. The topological polar surface area (TPSA) is 41.6 Å². The van der Waals surface area contributed by atoms with Crippen molar-refractivity contribution in [2.45, 2.75) is 25.7 Å². The van der Waals surface area contributed by atoms with Crippen LogP contribution in [-0.4, -0.2) is 50.2 Å². The van der Waals surface area contributed by atoms with Gasteiger partial charge < -0.3 is 15.0 Å². The fraction of sp³-hybridized carbons (Fsp3) is 0.588. The molecule has 2 aliphatic rings. The van der Waals surface area contributed by atoms with Crippen molar-refractivity contribution in [3.05, 3.63) is 34.9 Å². The van der Waals surface area contributed by atoms with Gasteiger partial charge in [-0.05, 0) is 56.0 Å². The highest BCUT2D eigenvalue weighted by Crippen LogP contribution is 2.29. The Kier molecular flexibility index (Phi) is 4.56. The van der Waals surface area contributed by atoms with Crippen LogP contribution in [0.4, 0.5) is 0 Å². The Morgan fingerprint density at radius 1 is 1.24 bits per heavy atom. The molecular formula is C17H24N2O2. The largest absolute Gasteiger partial charge is 0.378 e. The summed E-state index contributed by atoms with van der Waals surface area (Å²) in [7, 11) is 0. The van der Waals surface area contributed by atoms with Crippen LogP contribution < -0.4 is 5.32 Å². The highest BCUT2D eigenvalue weighted by atomic mass is 16.5. The van der Waals surface area contributed by atoms with E-state index < -0.39 is 0 Å². The smallest absolute Gasteiger partial charge is 0.254 e. The van der Waals surface area contributed by atoms with Crippen LogP contribution in [0.5, 0.6) is 0 Å². The molecule has 0 spiro atoms. The summed E-state index contributed by atoms with van der Waals surface area (Å²) in [4.78, 5) is 14.6. The van der Waals surface area contributed by atoms with E-state index in [1.165, 1.54) is 11.1 Å². The Morgan fingerprint density at radius 2 is 1.95 bits per heavy atom. The highest BCUT2D eigenvalue weighted by Gasteiger charge is 2.23. The van der Waals surface area contributed by atoms with Gasteiger partial charge in [-0.25, -0.2) is 0 Å². The predicted octanol–water partition coefficient (Wildman–Crippen LogP) is 1.93. The highest BCUT2D eigenvalue weighted by molar-refractivity contribution is 5.96. The molecule has 0 atom stereocenters. The first-order valence-corrected chi connectivity index (χ1v) is 7.94. The minimum absolute atomic E-state index is 0.159. The number of nitrogens with zero attached hydrogens (tertiary/aromatic N) is 1. The molecule has 2 aliphatic heterocycles. The van der Waals surface area contributed by atoms with E-state index in [1.54, 1.807) is 0 Å². The number of hydrogen-bond donors (Lipinski definition) is 1. The van der Waals surface area contributed by atoms with Gasteiger partial charge >= 0.3 is 0 Å². The first-order valence-electron chi connectivity index (χ1n) is 7.94. The third-order valence-corrected chi connectivity index (χ3v) is 4.68. The van der Waals surface area contributed by atoms with Gasteiger partial charge in [-0.1, -0.05) is 12.1 Å². The first-order chi connectivity index (χ1) is 10.3. The molecule has 114 valence electrons. The molecule has 1 amide bonds. The second kappa shape index (κ2) is 6.58. The van der Waals surface area contributed by atoms with Crippen LogP contribution in [0.15, 0.2) is 18.2 Å². The van der Waals surface area contributed by atoms with Crippen molar-refractivity contribution in [3.63, 3.8) is 0 Å². The Morgan fingerprint density at radius 3 is 2.67 bits per heavy atom. The molecule has 3 rings (SSSR count). The molecule has 21 heavy (non-hydrogen) atoms. The molecular weight excluding hydrogens is 264 g/mol. The zero-order valence-corrected chi connectivity index (χ0v) is 12.7. The van der Waals surface area contributed by atoms with Gasteiger partial charge in [0.2, 0.25) is 0 Å². The van der Waals surface area contributed by atoms with E-state index in [1.807, 2.05) is 17.0 Å². The summed E-state index contributed by atoms with van der Waals surface area (Å²) in [5.74, 6) is 0.746. The summed E-state index contributed by atoms with van der Waals surface area (Å²) in [5, 5.41) is 3.40. The molecule has 0 aliphatic carbocycles. The number of amides is 1. The van der Waals surface area contributed by atoms with E-state index in [0.29, 0.717) is 32.2 Å². The maximum Gasteiger partial charge on any atom is 0.254 e. The van der Waals surface area contributed by atoms with E-state index in [-0.39, 0.29) is 5.91 Å². The Labute approximate surface area is 126 Å². The number of benzene rings is 1. The van der Waals surface area contributed by atoms with E-state index >= 15 is 0 Å². The summed E-state index contributed by atoms with van der Waals surface area (Å²) in [6.45, 7) is 6.96. The third-order valence-electron chi connectivity index (χ3n) is 4.68. The van der Waals surface area contributed by atoms with Gasteiger partial charge in [0.15, 0.2) is 0 Å². The molecule has 0 bridgehead atoms. The molecule has 4 nitrogen and oxygen atoms in total. The lowest BCUT2D eigenvalue weighted by Gasteiger charge is -2.29. The van der Waals surface area contributed by atoms with Crippen molar-refractivity contribution < 1.29 is 9.53 Å². The molecule has 1 N–H and O–H groups in total. The number of hydrogen-bond acceptors (Lipinski definition) is 3. The van der Waals surface area contributed by atoms with Crippen LogP contribution in [0.25, 0.3) is 0 Å². The van der Waals surface area contributed by atoms with Crippen molar-refractivity contribution in [2.75, 3.05) is 39.4 Å². The second-order valence-corrected chi connectivity index (χ2v) is 5.95. The van der Waals surface area contributed by atoms with E-state index in [0.717, 1.165) is 31.5 Å².